The lowest BCUT2D eigenvalue weighted by Crippen LogP contribution is -2.30. The van der Waals surface area contributed by atoms with Gasteiger partial charge in [0.25, 0.3) is 11.7 Å². The van der Waals surface area contributed by atoms with Crippen LogP contribution in [0.1, 0.15) is 28.3 Å². The van der Waals surface area contributed by atoms with Gasteiger partial charge in [0.15, 0.2) is 11.5 Å². The summed E-state index contributed by atoms with van der Waals surface area (Å²) in [6, 6.07) is 19.2. The lowest BCUT2D eigenvalue weighted by atomic mass is 9.92. The van der Waals surface area contributed by atoms with Crippen molar-refractivity contribution in [3.05, 3.63) is 94.6 Å². The van der Waals surface area contributed by atoms with Crippen LogP contribution in [0.5, 0.6) is 11.5 Å². The monoisotopic (exact) mass is 427 g/mol. The molecule has 3 aromatic rings. The van der Waals surface area contributed by atoms with Crippen molar-refractivity contribution in [2.24, 2.45) is 0 Å². The van der Waals surface area contributed by atoms with E-state index in [4.69, 9.17) is 9.47 Å². The van der Waals surface area contributed by atoms with Gasteiger partial charge in [-0.15, -0.1) is 0 Å². The summed E-state index contributed by atoms with van der Waals surface area (Å²) >= 11 is 0. The molecule has 5 rings (SSSR count). The fraction of sp³-hybridized carbons (Fsp3) is 0.154. The van der Waals surface area contributed by atoms with Gasteiger partial charge in [-0.05, 0) is 54.8 Å². The maximum Gasteiger partial charge on any atom is 0.300 e. The molecule has 1 N–H and O–H groups in total. The summed E-state index contributed by atoms with van der Waals surface area (Å²) in [6.07, 6.45) is 0. The number of ketones is 1. The second kappa shape index (κ2) is 7.57. The zero-order valence-electron chi connectivity index (χ0n) is 17.7. The standard InChI is InChI=1S/C26H21NO5/c1-15-7-3-5-9-18(15)23-22(24(28)17-11-12-20-21(13-17)32-14-31-20)25(29)26(30)27(23)19-10-6-4-8-16(19)2/h3-13,23,28H,14H2,1-2H3/b24-22+. The molecule has 0 spiro atoms. The molecule has 32 heavy (non-hydrogen) atoms. The van der Waals surface area contributed by atoms with Crippen LogP contribution < -0.4 is 14.4 Å². The quantitative estimate of drug-likeness (QED) is 0.374. The third-order valence-corrected chi connectivity index (χ3v) is 5.95. The highest BCUT2D eigenvalue weighted by Crippen LogP contribution is 2.44. The van der Waals surface area contributed by atoms with Gasteiger partial charge in [0, 0.05) is 11.3 Å². The van der Waals surface area contributed by atoms with E-state index in [0.717, 1.165) is 16.7 Å². The Morgan fingerprint density at radius 1 is 0.906 bits per heavy atom. The normalized spacial score (nSPS) is 18.9. The maximum atomic E-state index is 13.3. The smallest absolute Gasteiger partial charge is 0.300 e. The van der Waals surface area contributed by atoms with Crippen molar-refractivity contribution >= 4 is 23.1 Å². The van der Waals surface area contributed by atoms with E-state index in [9.17, 15) is 14.7 Å². The number of hydrogen-bond donors (Lipinski definition) is 1. The third-order valence-electron chi connectivity index (χ3n) is 5.95. The van der Waals surface area contributed by atoms with Crippen LogP contribution in [0, 0.1) is 13.8 Å². The van der Waals surface area contributed by atoms with Crippen molar-refractivity contribution in [1.29, 1.82) is 0 Å². The summed E-state index contributed by atoms with van der Waals surface area (Å²) < 4.78 is 10.8. The number of amides is 1. The Morgan fingerprint density at radius 3 is 2.34 bits per heavy atom. The Kier molecular flexibility index (Phi) is 4.70. The number of anilines is 1. The van der Waals surface area contributed by atoms with Crippen molar-refractivity contribution < 1.29 is 24.2 Å². The van der Waals surface area contributed by atoms with Crippen LogP contribution >= 0.6 is 0 Å². The first-order valence-corrected chi connectivity index (χ1v) is 10.3. The van der Waals surface area contributed by atoms with Gasteiger partial charge >= 0.3 is 0 Å². The van der Waals surface area contributed by atoms with Gasteiger partial charge < -0.3 is 14.6 Å². The first kappa shape index (κ1) is 19.9. The lowest BCUT2D eigenvalue weighted by molar-refractivity contribution is -0.132. The summed E-state index contributed by atoms with van der Waals surface area (Å²) in [7, 11) is 0. The number of hydrogen-bond acceptors (Lipinski definition) is 5. The molecule has 0 radical (unpaired) electrons. The van der Waals surface area contributed by atoms with E-state index >= 15 is 0 Å². The fourth-order valence-electron chi connectivity index (χ4n) is 4.30. The Morgan fingerprint density at radius 2 is 1.59 bits per heavy atom. The number of carbonyl (C=O) groups excluding carboxylic acids is 2. The van der Waals surface area contributed by atoms with Gasteiger partial charge in [0.05, 0.1) is 11.6 Å². The molecule has 3 aromatic carbocycles. The van der Waals surface area contributed by atoms with Gasteiger partial charge in [0.2, 0.25) is 6.79 Å². The van der Waals surface area contributed by atoms with Gasteiger partial charge in [-0.3, -0.25) is 14.5 Å². The number of aliphatic hydroxyl groups is 1. The maximum absolute atomic E-state index is 13.3. The van der Waals surface area contributed by atoms with Crippen LogP contribution in [0.4, 0.5) is 5.69 Å². The predicted molar refractivity (Wildman–Crippen MR) is 120 cm³/mol. The Bertz CT molecular complexity index is 1290. The molecule has 0 saturated carbocycles. The zero-order valence-corrected chi connectivity index (χ0v) is 17.7. The van der Waals surface area contributed by atoms with E-state index in [1.807, 2.05) is 62.4 Å². The lowest BCUT2D eigenvalue weighted by Gasteiger charge is -2.27. The Hall–Kier alpha value is -4.06. The summed E-state index contributed by atoms with van der Waals surface area (Å²) in [4.78, 5) is 28.0. The summed E-state index contributed by atoms with van der Waals surface area (Å²) in [6.45, 7) is 3.91. The number of rotatable bonds is 3. The van der Waals surface area contributed by atoms with Gasteiger partial charge in [-0.25, -0.2) is 0 Å². The molecule has 0 aromatic heterocycles. The molecule has 1 unspecified atom stereocenters. The highest BCUT2D eigenvalue weighted by Gasteiger charge is 2.47. The largest absolute Gasteiger partial charge is 0.507 e. The second-order valence-corrected chi connectivity index (χ2v) is 7.88. The molecule has 2 heterocycles. The van der Waals surface area contributed by atoms with E-state index in [1.165, 1.54) is 4.90 Å². The Balaban J connectivity index is 1.74. The predicted octanol–water partition coefficient (Wildman–Crippen LogP) is 4.66. The molecule has 0 aliphatic carbocycles. The van der Waals surface area contributed by atoms with E-state index in [-0.39, 0.29) is 18.1 Å². The summed E-state index contributed by atoms with van der Waals surface area (Å²) in [5.41, 5.74) is 3.61. The van der Waals surface area contributed by atoms with E-state index in [1.54, 1.807) is 18.2 Å². The second-order valence-electron chi connectivity index (χ2n) is 7.88. The van der Waals surface area contributed by atoms with Crippen molar-refractivity contribution in [2.45, 2.75) is 19.9 Å². The van der Waals surface area contributed by atoms with Crippen molar-refractivity contribution in [3.63, 3.8) is 0 Å². The fourth-order valence-corrected chi connectivity index (χ4v) is 4.30. The minimum absolute atomic E-state index is 0.0476. The van der Waals surface area contributed by atoms with Crippen LogP contribution in [0.2, 0.25) is 0 Å². The van der Waals surface area contributed by atoms with Crippen LogP contribution in [0.3, 0.4) is 0 Å². The summed E-state index contributed by atoms with van der Waals surface area (Å²) in [5.74, 6) is -0.593. The molecule has 1 saturated heterocycles. The molecule has 6 nitrogen and oxygen atoms in total. The first-order chi connectivity index (χ1) is 15.5. The SMILES string of the molecule is Cc1ccccc1C1/C(=C(\O)c2ccc3c(c2)OCO3)C(=O)C(=O)N1c1ccccc1C. The molecular weight excluding hydrogens is 406 g/mol. The molecule has 6 heteroatoms. The molecule has 1 amide bonds. The number of carbonyl (C=O) groups is 2. The van der Waals surface area contributed by atoms with Crippen molar-refractivity contribution in [2.75, 3.05) is 11.7 Å². The third kappa shape index (κ3) is 3.03. The van der Waals surface area contributed by atoms with Crippen molar-refractivity contribution in [1.82, 2.24) is 0 Å². The minimum atomic E-state index is -0.761. The van der Waals surface area contributed by atoms with Crippen LogP contribution in [0.25, 0.3) is 5.76 Å². The molecule has 2 aliphatic heterocycles. The number of aryl methyl sites for hydroxylation is 2. The van der Waals surface area contributed by atoms with Crippen LogP contribution in [-0.2, 0) is 9.59 Å². The molecule has 2 aliphatic rings. The molecular formula is C26H21NO5. The first-order valence-electron chi connectivity index (χ1n) is 10.3. The summed E-state index contributed by atoms with van der Waals surface area (Å²) in [5, 5.41) is 11.3. The number of fused-ring (bicyclic) bond motifs is 1. The molecule has 1 atom stereocenters. The minimum Gasteiger partial charge on any atom is -0.507 e. The number of aliphatic hydroxyl groups excluding tert-OH is 1. The molecule has 160 valence electrons. The van der Waals surface area contributed by atoms with Crippen LogP contribution in [0.15, 0.2) is 72.3 Å². The number of para-hydroxylation sites is 1. The number of Topliss-reactive ketones (excluding diaryl/α,β-unsaturated/α-hetero) is 1. The zero-order chi connectivity index (χ0) is 22.4. The topological polar surface area (TPSA) is 76.1 Å². The average Bonchev–Trinajstić information content (AvgIpc) is 3.36. The van der Waals surface area contributed by atoms with Gasteiger partial charge in [0.1, 0.15) is 5.76 Å². The van der Waals surface area contributed by atoms with Crippen LogP contribution in [-0.4, -0.2) is 23.6 Å². The van der Waals surface area contributed by atoms with E-state index in [0.29, 0.717) is 22.7 Å². The number of ether oxygens (including phenoxy) is 2. The molecule has 0 bridgehead atoms. The highest BCUT2D eigenvalue weighted by molar-refractivity contribution is 6.51. The van der Waals surface area contributed by atoms with E-state index in [2.05, 4.69) is 0 Å². The molecule has 1 fully saturated rings. The van der Waals surface area contributed by atoms with E-state index < -0.39 is 17.7 Å². The number of benzene rings is 3. The van der Waals surface area contributed by atoms with Gasteiger partial charge in [-0.2, -0.15) is 0 Å². The average molecular weight is 427 g/mol. The Labute approximate surface area is 185 Å². The highest BCUT2D eigenvalue weighted by atomic mass is 16.7. The van der Waals surface area contributed by atoms with Crippen molar-refractivity contribution in [3.8, 4) is 11.5 Å². The number of nitrogens with zero attached hydrogens (tertiary/aromatic N) is 1. The van der Waals surface area contributed by atoms with Gasteiger partial charge in [-0.1, -0.05) is 42.5 Å².